The molecule has 0 aliphatic heterocycles. The summed E-state index contributed by atoms with van der Waals surface area (Å²) in [4.78, 5) is 0. The molecule has 1 aromatic carbocycles. The fraction of sp³-hybridized carbons (Fsp3) is 0.538. The van der Waals surface area contributed by atoms with E-state index in [4.69, 9.17) is 21.1 Å². The number of hydrogen-bond donors (Lipinski definition) is 0. The van der Waals surface area contributed by atoms with Crippen molar-refractivity contribution in [2.75, 3.05) is 13.2 Å². The predicted molar refractivity (Wildman–Crippen MR) is 66.7 cm³/mol. The second-order valence-corrected chi connectivity index (χ2v) is 4.06. The van der Waals surface area contributed by atoms with Gasteiger partial charge in [-0.3, -0.25) is 0 Å². The molecular formula is C13H19ClO2. The zero-order chi connectivity index (χ0) is 11.8. The van der Waals surface area contributed by atoms with Gasteiger partial charge in [0.05, 0.1) is 0 Å². The molecule has 0 saturated heterocycles. The van der Waals surface area contributed by atoms with Crippen molar-refractivity contribution in [2.24, 2.45) is 0 Å². The van der Waals surface area contributed by atoms with E-state index in [2.05, 4.69) is 13.8 Å². The summed E-state index contributed by atoms with van der Waals surface area (Å²) in [6.07, 6.45) is 1.66. The molecule has 2 nitrogen and oxygen atoms in total. The van der Waals surface area contributed by atoms with Crippen LogP contribution < -0.4 is 0 Å². The predicted octanol–water partition coefficient (Wildman–Crippen LogP) is 4.19. The third-order valence-electron chi connectivity index (χ3n) is 2.07. The second-order valence-electron chi connectivity index (χ2n) is 3.63. The van der Waals surface area contributed by atoms with Crippen LogP contribution in [-0.4, -0.2) is 13.2 Å². The standard InChI is InChI=1S/C13H19ClO2/c1-3-8-15-13(16-9-4-2)11-6-5-7-12(14)10-11/h5-7,10,13H,3-4,8-9H2,1-2H3. The summed E-state index contributed by atoms with van der Waals surface area (Å²) in [5.41, 5.74) is 0.981. The fourth-order valence-electron chi connectivity index (χ4n) is 1.34. The molecule has 0 aromatic heterocycles. The summed E-state index contributed by atoms with van der Waals surface area (Å²) >= 11 is 5.95. The molecule has 0 spiro atoms. The molecule has 0 atom stereocenters. The Morgan fingerprint density at radius 2 is 1.75 bits per heavy atom. The Labute approximate surface area is 103 Å². The van der Waals surface area contributed by atoms with Gasteiger partial charge in [-0.1, -0.05) is 37.6 Å². The number of hydrogen-bond acceptors (Lipinski definition) is 2. The van der Waals surface area contributed by atoms with Gasteiger partial charge in [0, 0.05) is 23.8 Å². The third kappa shape index (κ3) is 4.52. The highest BCUT2D eigenvalue weighted by Gasteiger charge is 2.11. The quantitative estimate of drug-likeness (QED) is 0.668. The van der Waals surface area contributed by atoms with Crippen molar-refractivity contribution in [1.29, 1.82) is 0 Å². The Morgan fingerprint density at radius 3 is 2.25 bits per heavy atom. The van der Waals surface area contributed by atoms with Crippen molar-refractivity contribution in [3.05, 3.63) is 34.9 Å². The molecule has 0 amide bonds. The highest BCUT2D eigenvalue weighted by molar-refractivity contribution is 6.30. The van der Waals surface area contributed by atoms with E-state index in [1.165, 1.54) is 0 Å². The Hall–Kier alpha value is -0.570. The van der Waals surface area contributed by atoms with Gasteiger partial charge in [-0.15, -0.1) is 0 Å². The average Bonchev–Trinajstić information content (AvgIpc) is 2.29. The number of benzene rings is 1. The summed E-state index contributed by atoms with van der Waals surface area (Å²) in [6, 6.07) is 7.62. The van der Waals surface area contributed by atoms with Crippen LogP contribution in [0.4, 0.5) is 0 Å². The molecule has 0 heterocycles. The van der Waals surface area contributed by atoms with Crippen molar-refractivity contribution in [2.45, 2.75) is 33.0 Å². The zero-order valence-electron chi connectivity index (χ0n) is 9.91. The van der Waals surface area contributed by atoms with Crippen molar-refractivity contribution in [3.63, 3.8) is 0 Å². The molecule has 1 rings (SSSR count). The van der Waals surface area contributed by atoms with Gasteiger partial charge >= 0.3 is 0 Å². The second kappa shape index (κ2) is 7.66. The molecule has 3 heteroatoms. The molecule has 0 bridgehead atoms. The van der Waals surface area contributed by atoms with E-state index in [1.54, 1.807) is 0 Å². The molecule has 1 aromatic rings. The lowest BCUT2D eigenvalue weighted by molar-refractivity contribution is -0.146. The first-order valence-electron chi connectivity index (χ1n) is 5.76. The minimum atomic E-state index is -0.293. The van der Waals surface area contributed by atoms with Crippen molar-refractivity contribution < 1.29 is 9.47 Å². The molecular weight excluding hydrogens is 224 g/mol. The minimum Gasteiger partial charge on any atom is -0.348 e. The van der Waals surface area contributed by atoms with E-state index >= 15 is 0 Å². The lowest BCUT2D eigenvalue weighted by Gasteiger charge is -2.18. The van der Waals surface area contributed by atoms with Crippen LogP contribution >= 0.6 is 11.6 Å². The van der Waals surface area contributed by atoms with E-state index in [9.17, 15) is 0 Å². The normalized spacial score (nSPS) is 11.0. The zero-order valence-corrected chi connectivity index (χ0v) is 10.7. The SMILES string of the molecule is CCCOC(OCCC)c1cccc(Cl)c1. The van der Waals surface area contributed by atoms with Crippen LogP contribution in [0.25, 0.3) is 0 Å². The average molecular weight is 243 g/mol. The van der Waals surface area contributed by atoms with Crippen LogP contribution in [0.15, 0.2) is 24.3 Å². The fourth-order valence-corrected chi connectivity index (χ4v) is 1.54. The first-order valence-corrected chi connectivity index (χ1v) is 6.14. The van der Waals surface area contributed by atoms with E-state index < -0.39 is 0 Å². The highest BCUT2D eigenvalue weighted by atomic mass is 35.5. The van der Waals surface area contributed by atoms with Crippen molar-refractivity contribution in [1.82, 2.24) is 0 Å². The monoisotopic (exact) mass is 242 g/mol. The number of halogens is 1. The highest BCUT2D eigenvalue weighted by Crippen LogP contribution is 2.22. The van der Waals surface area contributed by atoms with Gasteiger partial charge in [-0.05, 0) is 25.0 Å². The Bertz CT molecular complexity index is 294. The lowest BCUT2D eigenvalue weighted by atomic mass is 10.2. The van der Waals surface area contributed by atoms with Gasteiger partial charge in [0.25, 0.3) is 0 Å². The van der Waals surface area contributed by atoms with Crippen LogP contribution in [-0.2, 0) is 9.47 Å². The van der Waals surface area contributed by atoms with Crippen LogP contribution in [0.2, 0.25) is 5.02 Å². The van der Waals surface area contributed by atoms with Gasteiger partial charge in [-0.2, -0.15) is 0 Å². The summed E-state index contributed by atoms with van der Waals surface area (Å²) in [5, 5.41) is 0.711. The van der Waals surface area contributed by atoms with E-state index in [-0.39, 0.29) is 6.29 Å². The van der Waals surface area contributed by atoms with E-state index in [0.717, 1.165) is 18.4 Å². The topological polar surface area (TPSA) is 18.5 Å². The number of ether oxygens (including phenoxy) is 2. The smallest absolute Gasteiger partial charge is 0.183 e. The molecule has 0 saturated carbocycles. The van der Waals surface area contributed by atoms with Gasteiger partial charge < -0.3 is 9.47 Å². The largest absolute Gasteiger partial charge is 0.348 e. The maximum absolute atomic E-state index is 5.95. The Morgan fingerprint density at radius 1 is 1.12 bits per heavy atom. The first kappa shape index (κ1) is 13.5. The maximum Gasteiger partial charge on any atom is 0.183 e. The van der Waals surface area contributed by atoms with Gasteiger partial charge in [0.1, 0.15) is 0 Å². The van der Waals surface area contributed by atoms with Crippen LogP contribution in [0, 0.1) is 0 Å². The van der Waals surface area contributed by atoms with Crippen molar-refractivity contribution >= 4 is 11.6 Å². The van der Waals surface area contributed by atoms with Crippen molar-refractivity contribution in [3.8, 4) is 0 Å². The Kier molecular flexibility index (Phi) is 6.46. The summed E-state index contributed by atoms with van der Waals surface area (Å²) in [6.45, 7) is 5.55. The minimum absolute atomic E-state index is 0.293. The van der Waals surface area contributed by atoms with Gasteiger partial charge in [0.15, 0.2) is 6.29 Å². The molecule has 0 N–H and O–H groups in total. The molecule has 0 unspecified atom stereocenters. The van der Waals surface area contributed by atoms with Gasteiger partial charge in [-0.25, -0.2) is 0 Å². The summed E-state index contributed by atoms with van der Waals surface area (Å²) in [7, 11) is 0. The third-order valence-corrected chi connectivity index (χ3v) is 2.30. The van der Waals surface area contributed by atoms with E-state index in [1.807, 2.05) is 24.3 Å². The van der Waals surface area contributed by atoms with Gasteiger partial charge in [0.2, 0.25) is 0 Å². The van der Waals surface area contributed by atoms with Crippen LogP contribution in [0.3, 0.4) is 0 Å². The van der Waals surface area contributed by atoms with Crippen LogP contribution in [0.1, 0.15) is 38.5 Å². The maximum atomic E-state index is 5.95. The van der Waals surface area contributed by atoms with E-state index in [0.29, 0.717) is 18.2 Å². The molecule has 0 fully saturated rings. The first-order chi connectivity index (χ1) is 7.77. The lowest BCUT2D eigenvalue weighted by Crippen LogP contribution is -2.10. The molecule has 0 aliphatic rings. The molecule has 16 heavy (non-hydrogen) atoms. The number of rotatable bonds is 7. The molecule has 0 radical (unpaired) electrons. The molecule has 90 valence electrons. The summed E-state index contributed by atoms with van der Waals surface area (Å²) in [5.74, 6) is 0. The Balaban J connectivity index is 2.66. The van der Waals surface area contributed by atoms with Crippen LogP contribution in [0.5, 0.6) is 0 Å². The summed E-state index contributed by atoms with van der Waals surface area (Å²) < 4.78 is 11.3. The molecule has 0 aliphatic carbocycles.